The molecule has 1 unspecified atom stereocenters. The molecule has 1 saturated heterocycles. The predicted molar refractivity (Wildman–Crippen MR) is 128 cm³/mol. The van der Waals surface area contributed by atoms with Crippen molar-refractivity contribution in [2.75, 3.05) is 24.7 Å². The molecular weight excluding hydrogens is 408 g/mol. The van der Waals surface area contributed by atoms with Crippen molar-refractivity contribution in [3.63, 3.8) is 0 Å². The highest BCUT2D eigenvalue weighted by molar-refractivity contribution is 7.97. The lowest BCUT2D eigenvalue weighted by molar-refractivity contribution is 0.0986. The average Bonchev–Trinajstić information content (AvgIpc) is 3.50. The fourth-order valence-corrected chi connectivity index (χ4v) is 4.36. The molecule has 0 radical (unpaired) electrons. The minimum atomic E-state index is 0.260. The molecule has 0 spiro atoms. The molecule has 3 aromatic heterocycles. The lowest BCUT2D eigenvalue weighted by Gasteiger charge is -2.34. The first-order chi connectivity index (χ1) is 15.3. The summed E-state index contributed by atoms with van der Waals surface area (Å²) in [4.78, 5) is 8.41. The molecule has 0 saturated carbocycles. The Balaban J connectivity index is 0.00000112. The van der Waals surface area contributed by atoms with E-state index in [2.05, 4.69) is 46.3 Å². The van der Waals surface area contributed by atoms with E-state index in [1.807, 2.05) is 42.8 Å². The molecule has 1 aromatic carbocycles. The standard InChI is InChI=1S/C21H22N6OS.C2H6/c1-14-13-28-11-10-26(14)20-12-17(15-4-2-3-5-18(15)29-22)16-7-9-27(21(16)24-20)19-6-8-23-25-19;1-2/h2-9,12,14H,10-11,13,22H2,1H3,(H,23,25);1-2H3. The second-order valence-corrected chi connectivity index (χ2v) is 7.80. The number of anilines is 1. The van der Waals surface area contributed by atoms with Gasteiger partial charge >= 0.3 is 0 Å². The van der Waals surface area contributed by atoms with E-state index in [-0.39, 0.29) is 6.04 Å². The number of hydrogen-bond acceptors (Lipinski definition) is 6. The van der Waals surface area contributed by atoms with Gasteiger partial charge in [-0.25, -0.2) is 4.98 Å². The summed E-state index contributed by atoms with van der Waals surface area (Å²) >= 11 is 1.27. The number of nitrogens with zero attached hydrogens (tertiary/aromatic N) is 4. The van der Waals surface area contributed by atoms with Gasteiger partial charge in [0.05, 0.1) is 25.5 Å². The van der Waals surface area contributed by atoms with E-state index >= 15 is 0 Å². The maximum Gasteiger partial charge on any atom is 0.148 e. The zero-order chi connectivity index (χ0) is 21.8. The zero-order valence-corrected chi connectivity index (χ0v) is 18.9. The van der Waals surface area contributed by atoms with Crippen LogP contribution in [0, 0.1) is 0 Å². The Morgan fingerprint density at radius 1 is 1.16 bits per heavy atom. The van der Waals surface area contributed by atoms with Crippen molar-refractivity contribution in [2.24, 2.45) is 5.14 Å². The van der Waals surface area contributed by atoms with Crippen LogP contribution < -0.4 is 10.0 Å². The normalized spacial score (nSPS) is 16.3. The summed E-state index contributed by atoms with van der Waals surface area (Å²) in [5, 5.41) is 14.2. The molecule has 1 fully saturated rings. The molecule has 7 nitrogen and oxygen atoms in total. The molecule has 0 bridgehead atoms. The Hall–Kier alpha value is -2.81. The van der Waals surface area contributed by atoms with Gasteiger partial charge in [0.15, 0.2) is 0 Å². The highest BCUT2D eigenvalue weighted by Crippen LogP contribution is 2.37. The van der Waals surface area contributed by atoms with Gasteiger partial charge in [-0.05, 0) is 48.2 Å². The lowest BCUT2D eigenvalue weighted by Crippen LogP contribution is -2.44. The van der Waals surface area contributed by atoms with Crippen molar-refractivity contribution in [3.8, 4) is 16.9 Å². The van der Waals surface area contributed by atoms with Gasteiger partial charge in [0, 0.05) is 29.1 Å². The number of nitrogens with one attached hydrogen (secondary N) is 1. The first-order valence-corrected chi connectivity index (χ1v) is 11.5. The highest BCUT2D eigenvalue weighted by Gasteiger charge is 2.23. The van der Waals surface area contributed by atoms with Crippen LogP contribution in [0.25, 0.3) is 28.0 Å². The predicted octanol–water partition coefficient (Wildman–Crippen LogP) is 4.63. The number of rotatable bonds is 4. The SMILES string of the molecule is CC.CC1COCCN1c1cc(-c2ccccc2SN)c2ccn(-c3ccn[nH]3)c2n1. The summed E-state index contributed by atoms with van der Waals surface area (Å²) in [6.07, 6.45) is 3.77. The maximum absolute atomic E-state index is 5.97. The van der Waals surface area contributed by atoms with Crippen LogP contribution >= 0.6 is 11.9 Å². The van der Waals surface area contributed by atoms with Crippen LogP contribution in [0.3, 0.4) is 0 Å². The lowest BCUT2D eigenvalue weighted by atomic mass is 10.0. The van der Waals surface area contributed by atoms with Gasteiger partial charge in [-0.1, -0.05) is 32.0 Å². The Labute approximate surface area is 186 Å². The van der Waals surface area contributed by atoms with E-state index in [0.29, 0.717) is 13.2 Å². The second kappa shape index (κ2) is 9.55. The van der Waals surface area contributed by atoms with Gasteiger partial charge in [-0.15, -0.1) is 0 Å². The molecule has 1 atom stereocenters. The van der Waals surface area contributed by atoms with Gasteiger partial charge < -0.3 is 9.64 Å². The number of pyridine rings is 1. The summed E-state index contributed by atoms with van der Waals surface area (Å²) in [7, 11) is 0. The van der Waals surface area contributed by atoms with E-state index in [1.54, 1.807) is 6.20 Å². The van der Waals surface area contributed by atoms with Crippen LogP contribution in [-0.4, -0.2) is 45.5 Å². The molecule has 4 heterocycles. The van der Waals surface area contributed by atoms with E-state index in [9.17, 15) is 0 Å². The number of aromatic amines is 1. The Bertz CT molecular complexity index is 1140. The summed E-state index contributed by atoms with van der Waals surface area (Å²) < 4.78 is 7.67. The van der Waals surface area contributed by atoms with Crippen molar-refractivity contribution in [2.45, 2.75) is 31.7 Å². The number of H-pyrrole nitrogens is 1. The number of fused-ring (bicyclic) bond motifs is 1. The number of benzene rings is 1. The van der Waals surface area contributed by atoms with Gasteiger partial charge in [0.2, 0.25) is 0 Å². The van der Waals surface area contributed by atoms with Crippen molar-refractivity contribution >= 4 is 28.8 Å². The van der Waals surface area contributed by atoms with Gasteiger partial charge in [-0.3, -0.25) is 14.8 Å². The van der Waals surface area contributed by atoms with Crippen LogP contribution in [0.15, 0.2) is 59.8 Å². The maximum atomic E-state index is 5.97. The summed E-state index contributed by atoms with van der Waals surface area (Å²) in [5.74, 6) is 1.83. The number of hydrogen-bond donors (Lipinski definition) is 2. The van der Waals surface area contributed by atoms with Crippen LogP contribution in [0.5, 0.6) is 0 Å². The molecule has 1 aliphatic heterocycles. The van der Waals surface area contributed by atoms with Crippen molar-refractivity contribution < 1.29 is 4.74 Å². The highest BCUT2D eigenvalue weighted by atomic mass is 32.2. The number of morpholine rings is 1. The van der Waals surface area contributed by atoms with Crippen molar-refractivity contribution in [3.05, 3.63) is 54.9 Å². The van der Waals surface area contributed by atoms with Gasteiger partial charge in [-0.2, -0.15) is 5.10 Å². The zero-order valence-electron chi connectivity index (χ0n) is 18.1. The quantitative estimate of drug-likeness (QED) is 0.454. The Morgan fingerprint density at radius 2 is 2.00 bits per heavy atom. The molecule has 1 aliphatic rings. The van der Waals surface area contributed by atoms with E-state index < -0.39 is 0 Å². The number of aromatic nitrogens is 4. The van der Waals surface area contributed by atoms with E-state index in [0.717, 1.165) is 45.2 Å². The molecule has 0 aliphatic carbocycles. The molecule has 4 aromatic rings. The third kappa shape index (κ3) is 4.06. The second-order valence-electron chi connectivity index (χ2n) is 7.12. The largest absolute Gasteiger partial charge is 0.377 e. The molecule has 162 valence electrons. The number of nitrogens with two attached hydrogens (primary N) is 1. The van der Waals surface area contributed by atoms with Gasteiger partial charge in [0.1, 0.15) is 17.3 Å². The molecule has 3 N–H and O–H groups in total. The fraction of sp³-hybridized carbons (Fsp3) is 0.304. The molecule has 31 heavy (non-hydrogen) atoms. The first-order valence-electron chi connectivity index (χ1n) is 10.6. The third-order valence-corrected chi connectivity index (χ3v) is 5.97. The monoisotopic (exact) mass is 436 g/mol. The van der Waals surface area contributed by atoms with Gasteiger partial charge in [0.25, 0.3) is 0 Å². The minimum Gasteiger partial charge on any atom is -0.377 e. The van der Waals surface area contributed by atoms with Crippen molar-refractivity contribution in [1.82, 2.24) is 19.7 Å². The summed E-state index contributed by atoms with van der Waals surface area (Å²) in [6, 6.07) is 14.7. The third-order valence-electron chi connectivity index (χ3n) is 5.36. The first kappa shape index (κ1) is 21.4. The molecule has 8 heteroatoms. The fourth-order valence-electron chi connectivity index (χ4n) is 3.90. The van der Waals surface area contributed by atoms with Crippen LogP contribution in [0.4, 0.5) is 5.82 Å². The van der Waals surface area contributed by atoms with E-state index in [4.69, 9.17) is 14.9 Å². The smallest absolute Gasteiger partial charge is 0.148 e. The summed E-state index contributed by atoms with van der Waals surface area (Å²) in [5.41, 5.74) is 3.12. The number of ether oxygens (including phenoxy) is 1. The van der Waals surface area contributed by atoms with Crippen molar-refractivity contribution in [1.29, 1.82) is 0 Å². The Kier molecular flexibility index (Phi) is 6.60. The molecule has 0 amide bonds. The molecular formula is C23H28N6OS. The van der Waals surface area contributed by atoms with E-state index in [1.165, 1.54) is 11.9 Å². The molecule has 5 rings (SSSR count). The Morgan fingerprint density at radius 3 is 2.74 bits per heavy atom. The van der Waals surface area contributed by atoms with Crippen LogP contribution in [0.1, 0.15) is 20.8 Å². The van der Waals surface area contributed by atoms with Crippen LogP contribution in [-0.2, 0) is 4.74 Å². The minimum absolute atomic E-state index is 0.260. The average molecular weight is 437 g/mol. The van der Waals surface area contributed by atoms with Crippen LogP contribution in [0.2, 0.25) is 0 Å². The topological polar surface area (TPSA) is 85.0 Å². The summed E-state index contributed by atoms with van der Waals surface area (Å²) in [6.45, 7) is 8.39.